The summed E-state index contributed by atoms with van der Waals surface area (Å²) >= 11 is -1.90. The Hall–Kier alpha value is 0.679. The molecule has 0 saturated carbocycles. The van der Waals surface area contributed by atoms with Gasteiger partial charge in [-0.15, -0.1) is 0 Å². The van der Waals surface area contributed by atoms with Crippen LogP contribution in [0.3, 0.4) is 0 Å². The molecule has 1 saturated heterocycles. The molecule has 21 heavy (non-hydrogen) atoms. The Morgan fingerprint density at radius 2 is 1.19 bits per heavy atom. The Kier molecular flexibility index (Phi) is 7.04. The second-order valence-electron chi connectivity index (χ2n) is 7.43. The predicted octanol–water partition coefficient (Wildman–Crippen LogP) is 4.04. The summed E-state index contributed by atoms with van der Waals surface area (Å²) < 4.78 is 8.72. The standard InChI is InChI=1S/C13H28N2.C4H10N.Sn/c1-8-11(14-12(4,5)9-2)15-13(6,7)10-3;1-3-5-4-2;/h11H,8-10H2,1-7H3;3-4H2,1-2H3;/q-2;-1;+3. The molecule has 1 aliphatic heterocycles. The number of nitrogens with zero attached hydrogens (tertiary/aromatic N) is 3. The molecule has 1 heterocycles. The average molecular weight is 403 g/mol. The maximum atomic E-state index is 2.96. The number of rotatable bonds is 8. The third-order valence-electron chi connectivity index (χ3n) is 5.47. The first-order valence-electron chi connectivity index (χ1n) is 8.92. The summed E-state index contributed by atoms with van der Waals surface area (Å²) in [5.41, 5.74) is 0.691. The fourth-order valence-electron chi connectivity index (χ4n) is 3.31. The van der Waals surface area contributed by atoms with E-state index in [-0.39, 0.29) is 0 Å². The molecule has 1 fully saturated rings. The predicted molar refractivity (Wildman–Crippen MR) is 95.2 cm³/mol. The molecule has 125 valence electrons. The minimum atomic E-state index is -1.90. The van der Waals surface area contributed by atoms with Gasteiger partial charge in [0.2, 0.25) is 0 Å². The Bertz CT molecular complexity index is 302. The summed E-state index contributed by atoms with van der Waals surface area (Å²) in [4.78, 5) is 0. The molecule has 1 radical (unpaired) electrons. The number of hydrogen-bond acceptors (Lipinski definition) is 3. The molecule has 0 bridgehead atoms. The third kappa shape index (κ3) is 3.61. The molecule has 1 rings (SSSR count). The summed E-state index contributed by atoms with van der Waals surface area (Å²) in [5.74, 6) is 0. The van der Waals surface area contributed by atoms with Gasteiger partial charge in [0.25, 0.3) is 0 Å². The molecule has 0 N–H and O–H groups in total. The maximum absolute atomic E-state index is 2.96. The molecule has 0 aromatic carbocycles. The topological polar surface area (TPSA) is 9.72 Å². The first kappa shape index (κ1) is 19.7. The van der Waals surface area contributed by atoms with Gasteiger partial charge in [0.1, 0.15) is 0 Å². The minimum absolute atomic E-state index is 0.346. The average Bonchev–Trinajstić information content (AvgIpc) is 2.42. The van der Waals surface area contributed by atoms with E-state index in [1.54, 1.807) is 0 Å². The first-order chi connectivity index (χ1) is 9.71. The summed E-state index contributed by atoms with van der Waals surface area (Å²) in [6.07, 6.45) is 4.40. The Balaban J connectivity index is 3.19. The van der Waals surface area contributed by atoms with E-state index >= 15 is 0 Å². The summed E-state index contributed by atoms with van der Waals surface area (Å²) in [6.45, 7) is 24.0. The normalized spacial score (nSPS) is 20.3. The van der Waals surface area contributed by atoms with E-state index in [9.17, 15) is 0 Å². The van der Waals surface area contributed by atoms with Gasteiger partial charge in [0.15, 0.2) is 0 Å². The van der Waals surface area contributed by atoms with Crippen LogP contribution in [0.2, 0.25) is 0 Å². The fourth-order valence-corrected chi connectivity index (χ4v) is 14.1. The van der Waals surface area contributed by atoms with Gasteiger partial charge in [-0.1, -0.05) is 0 Å². The van der Waals surface area contributed by atoms with Crippen LogP contribution in [-0.2, 0) is 0 Å². The van der Waals surface area contributed by atoms with Crippen LogP contribution < -0.4 is 0 Å². The zero-order valence-electron chi connectivity index (χ0n) is 16.0. The SMILES string of the molecule is CCC1[N](C(C)(C)CC)[Sn]([N](CC)CC)[N]1C(C)(C)CC. The molecule has 0 amide bonds. The van der Waals surface area contributed by atoms with Gasteiger partial charge in [-0.05, 0) is 0 Å². The van der Waals surface area contributed by atoms with E-state index in [1.807, 2.05) is 0 Å². The van der Waals surface area contributed by atoms with Gasteiger partial charge in [0.05, 0.1) is 0 Å². The van der Waals surface area contributed by atoms with Crippen molar-refractivity contribution in [3.63, 3.8) is 0 Å². The first-order valence-corrected chi connectivity index (χ1v) is 12.7. The van der Waals surface area contributed by atoms with Gasteiger partial charge < -0.3 is 0 Å². The Morgan fingerprint density at radius 3 is 1.43 bits per heavy atom. The molecule has 4 heteroatoms. The van der Waals surface area contributed by atoms with E-state index in [4.69, 9.17) is 0 Å². The van der Waals surface area contributed by atoms with Gasteiger partial charge in [-0.2, -0.15) is 0 Å². The van der Waals surface area contributed by atoms with E-state index < -0.39 is 20.6 Å². The summed E-state index contributed by atoms with van der Waals surface area (Å²) in [7, 11) is 0. The van der Waals surface area contributed by atoms with Crippen molar-refractivity contribution in [1.82, 2.24) is 9.36 Å². The van der Waals surface area contributed by atoms with Crippen LogP contribution in [0, 0.1) is 0 Å². The molecule has 0 spiro atoms. The van der Waals surface area contributed by atoms with Crippen molar-refractivity contribution in [3.8, 4) is 0 Å². The molecular weight excluding hydrogens is 365 g/mol. The van der Waals surface area contributed by atoms with Crippen LogP contribution >= 0.6 is 0 Å². The molecule has 0 atom stereocenters. The molecule has 1 aliphatic rings. The number of hydrogen-bond donors (Lipinski definition) is 0. The van der Waals surface area contributed by atoms with Gasteiger partial charge >= 0.3 is 142 Å². The molecular formula is C17H38N3Sn. The zero-order chi connectivity index (χ0) is 16.4. The molecule has 0 unspecified atom stereocenters. The van der Waals surface area contributed by atoms with E-state index in [0.29, 0.717) is 17.2 Å². The van der Waals surface area contributed by atoms with Crippen LogP contribution in [0.4, 0.5) is 0 Å². The fraction of sp³-hybridized carbons (Fsp3) is 1.00. The van der Waals surface area contributed by atoms with Gasteiger partial charge in [0, 0.05) is 0 Å². The zero-order valence-corrected chi connectivity index (χ0v) is 18.8. The van der Waals surface area contributed by atoms with Crippen molar-refractivity contribution in [1.29, 1.82) is 0 Å². The van der Waals surface area contributed by atoms with Gasteiger partial charge in [-0.25, -0.2) is 0 Å². The molecule has 0 aromatic heterocycles. The molecule has 0 aliphatic carbocycles. The van der Waals surface area contributed by atoms with Crippen LogP contribution in [0.5, 0.6) is 0 Å². The van der Waals surface area contributed by atoms with Crippen molar-refractivity contribution in [3.05, 3.63) is 0 Å². The van der Waals surface area contributed by atoms with Crippen LogP contribution in [0.15, 0.2) is 0 Å². The second kappa shape index (κ2) is 7.50. The Labute approximate surface area is 141 Å². The van der Waals surface area contributed by atoms with E-state index in [1.165, 1.54) is 32.4 Å². The quantitative estimate of drug-likeness (QED) is 0.567. The van der Waals surface area contributed by atoms with Crippen molar-refractivity contribution >= 4 is 20.6 Å². The Morgan fingerprint density at radius 1 is 0.810 bits per heavy atom. The van der Waals surface area contributed by atoms with Gasteiger partial charge in [-0.3, -0.25) is 0 Å². The van der Waals surface area contributed by atoms with Crippen LogP contribution in [0.1, 0.15) is 81.6 Å². The molecule has 3 nitrogen and oxygen atoms in total. The van der Waals surface area contributed by atoms with Crippen LogP contribution in [-0.4, -0.2) is 60.3 Å². The van der Waals surface area contributed by atoms with E-state index in [2.05, 4.69) is 71.7 Å². The second-order valence-corrected chi connectivity index (χ2v) is 13.7. The summed E-state index contributed by atoms with van der Waals surface area (Å²) in [6, 6.07) is 0. The van der Waals surface area contributed by atoms with Crippen molar-refractivity contribution in [2.24, 2.45) is 0 Å². The monoisotopic (exact) mass is 404 g/mol. The van der Waals surface area contributed by atoms with Crippen LogP contribution in [0.25, 0.3) is 0 Å². The van der Waals surface area contributed by atoms with E-state index in [0.717, 1.165) is 0 Å². The molecule has 0 aromatic rings. The summed E-state index contributed by atoms with van der Waals surface area (Å²) in [5, 5.41) is 0. The van der Waals surface area contributed by atoms with Crippen molar-refractivity contribution < 1.29 is 0 Å². The third-order valence-corrected chi connectivity index (χ3v) is 16.5. The van der Waals surface area contributed by atoms with Crippen molar-refractivity contribution in [2.75, 3.05) is 13.1 Å². The van der Waals surface area contributed by atoms with Crippen molar-refractivity contribution in [2.45, 2.75) is 98.8 Å².